The second kappa shape index (κ2) is 7.60. The zero-order valence-electron chi connectivity index (χ0n) is 14.2. The van der Waals surface area contributed by atoms with Crippen molar-refractivity contribution in [3.05, 3.63) is 48.1 Å². The molecule has 0 radical (unpaired) electrons. The molecule has 0 unspecified atom stereocenters. The van der Waals surface area contributed by atoms with Crippen LogP contribution in [0.1, 0.15) is 31.2 Å². The Bertz CT molecular complexity index is 916. The van der Waals surface area contributed by atoms with Crippen LogP contribution in [0.5, 0.6) is 5.75 Å². The first kappa shape index (κ1) is 18.6. The van der Waals surface area contributed by atoms with Gasteiger partial charge in [0.2, 0.25) is 5.82 Å². The Hall–Kier alpha value is -3.17. The van der Waals surface area contributed by atoms with E-state index in [1.165, 1.54) is 6.20 Å². The van der Waals surface area contributed by atoms with Crippen LogP contribution in [-0.2, 0) is 17.5 Å². The van der Waals surface area contributed by atoms with Crippen LogP contribution >= 0.6 is 0 Å². The number of nitrogens with zero attached hydrogens (tertiary/aromatic N) is 4. The molecule has 0 atom stereocenters. The molecule has 0 spiro atoms. The van der Waals surface area contributed by atoms with E-state index in [0.717, 1.165) is 5.56 Å². The second-order valence-corrected chi connectivity index (χ2v) is 5.72. The zero-order valence-corrected chi connectivity index (χ0v) is 14.2. The quantitative estimate of drug-likeness (QED) is 0.607. The van der Waals surface area contributed by atoms with Crippen LogP contribution in [0.15, 0.2) is 41.2 Å². The standard InChI is InChI=1S/C17H15F3N4O3/c1-2-3-14(25)26-13-8-21-24(10-13)9-11-4-6-12(7-5-11)15-22-16(27-23-15)17(18,19)20/h4-8,10H,2-3,9H2,1H3. The van der Waals surface area contributed by atoms with Crippen molar-refractivity contribution in [2.45, 2.75) is 32.5 Å². The predicted molar refractivity (Wildman–Crippen MR) is 86.6 cm³/mol. The van der Waals surface area contributed by atoms with Gasteiger partial charge in [0.25, 0.3) is 0 Å². The average Bonchev–Trinajstić information content (AvgIpc) is 3.25. The highest BCUT2D eigenvalue weighted by molar-refractivity contribution is 5.72. The first-order chi connectivity index (χ1) is 12.8. The van der Waals surface area contributed by atoms with Gasteiger partial charge in [-0.1, -0.05) is 36.3 Å². The van der Waals surface area contributed by atoms with Crippen LogP contribution in [-0.4, -0.2) is 25.9 Å². The highest BCUT2D eigenvalue weighted by Crippen LogP contribution is 2.29. The molecule has 142 valence electrons. The molecule has 27 heavy (non-hydrogen) atoms. The molecule has 1 aromatic carbocycles. The van der Waals surface area contributed by atoms with Crippen molar-refractivity contribution >= 4 is 5.97 Å². The fourth-order valence-corrected chi connectivity index (χ4v) is 2.27. The predicted octanol–water partition coefficient (Wildman–Crippen LogP) is 3.71. The lowest BCUT2D eigenvalue weighted by molar-refractivity contribution is -0.159. The number of hydrogen-bond acceptors (Lipinski definition) is 6. The SMILES string of the molecule is CCCC(=O)Oc1cnn(Cc2ccc(-c3noc(C(F)(F)F)n3)cc2)c1. The molecule has 3 aromatic rings. The molecule has 0 saturated heterocycles. The van der Waals surface area contributed by atoms with E-state index < -0.39 is 12.1 Å². The summed E-state index contributed by atoms with van der Waals surface area (Å²) in [6.45, 7) is 2.28. The number of benzene rings is 1. The summed E-state index contributed by atoms with van der Waals surface area (Å²) >= 11 is 0. The van der Waals surface area contributed by atoms with Crippen molar-refractivity contribution in [1.82, 2.24) is 19.9 Å². The Morgan fingerprint density at radius 1 is 1.26 bits per heavy atom. The fraction of sp³-hybridized carbons (Fsp3) is 0.294. The third-order valence-corrected chi connectivity index (χ3v) is 3.52. The van der Waals surface area contributed by atoms with Crippen molar-refractivity contribution in [2.24, 2.45) is 0 Å². The van der Waals surface area contributed by atoms with Gasteiger partial charge in [0, 0.05) is 12.0 Å². The lowest BCUT2D eigenvalue weighted by Crippen LogP contribution is -2.06. The summed E-state index contributed by atoms with van der Waals surface area (Å²) in [7, 11) is 0. The zero-order chi connectivity index (χ0) is 19.4. The molecule has 0 N–H and O–H groups in total. The van der Waals surface area contributed by atoms with E-state index in [9.17, 15) is 18.0 Å². The average molecular weight is 380 g/mol. The number of aromatic nitrogens is 4. The molecule has 2 heterocycles. The first-order valence-electron chi connectivity index (χ1n) is 8.08. The Morgan fingerprint density at radius 2 is 2.00 bits per heavy atom. The van der Waals surface area contributed by atoms with Crippen LogP contribution in [0, 0.1) is 0 Å². The topological polar surface area (TPSA) is 83.0 Å². The van der Waals surface area contributed by atoms with E-state index in [-0.39, 0.29) is 11.8 Å². The Balaban J connectivity index is 1.65. The van der Waals surface area contributed by atoms with E-state index >= 15 is 0 Å². The molecular weight excluding hydrogens is 365 g/mol. The number of alkyl halides is 3. The third-order valence-electron chi connectivity index (χ3n) is 3.52. The molecule has 0 aliphatic rings. The van der Waals surface area contributed by atoms with Crippen molar-refractivity contribution < 1.29 is 27.2 Å². The van der Waals surface area contributed by atoms with Gasteiger partial charge in [0.1, 0.15) is 0 Å². The molecule has 7 nitrogen and oxygen atoms in total. The van der Waals surface area contributed by atoms with Gasteiger partial charge in [-0.15, -0.1) is 0 Å². The molecule has 0 aliphatic carbocycles. The molecule has 0 fully saturated rings. The Kier molecular flexibility index (Phi) is 5.24. The Labute approximate surface area is 151 Å². The van der Waals surface area contributed by atoms with Crippen LogP contribution in [0.25, 0.3) is 11.4 Å². The summed E-state index contributed by atoms with van der Waals surface area (Å²) in [4.78, 5) is 14.8. The van der Waals surface area contributed by atoms with Gasteiger partial charge in [-0.05, 0) is 12.0 Å². The maximum absolute atomic E-state index is 12.5. The second-order valence-electron chi connectivity index (χ2n) is 5.72. The lowest BCUT2D eigenvalue weighted by Gasteiger charge is -2.03. The van der Waals surface area contributed by atoms with Gasteiger partial charge in [-0.3, -0.25) is 9.48 Å². The number of hydrogen-bond donors (Lipinski definition) is 0. The van der Waals surface area contributed by atoms with Gasteiger partial charge < -0.3 is 9.26 Å². The van der Waals surface area contributed by atoms with Gasteiger partial charge in [-0.25, -0.2) is 0 Å². The smallest absolute Gasteiger partial charge is 0.423 e. The Morgan fingerprint density at radius 3 is 2.63 bits per heavy atom. The minimum Gasteiger partial charge on any atom is -0.423 e. The normalized spacial score (nSPS) is 11.6. The molecule has 3 rings (SSSR count). The van der Waals surface area contributed by atoms with Gasteiger partial charge >= 0.3 is 18.0 Å². The van der Waals surface area contributed by atoms with Crippen molar-refractivity contribution in [2.75, 3.05) is 0 Å². The molecule has 0 saturated carbocycles. The largest absolute Gasteiger partial charge is 0.471 e. The maximum Gasteiger partial charge on any atom is 0.471 e. The highest BCUT2D eigenvalue weighted by atomic mass is 19.4. The van der Waals surface area contributed by atoms with Crippen LogP contribution in [0.4, 0.5) is 13.2 Å². The van der Waals surface area contributed by atoms with E-state index in [1.807, 2.05) is 6.92 Å². The van der Waals surface area contributed by atoms with E-state index in [4.69, 9.17) is 4.74 Å². The summed E-state index contributed by atoms with van der Waals surface area (Å²) in [5.74, 6) is -1.49. The lowest BCUT2D eigenvalue weighted by atomic mass is 10.1. The van der Waals surface area contributed by atoms with Gasteiger partial charge in [0.15, 0.2) is 5.75 Å². The summed E-state index contributed by atoms with van der Waals surface area (Å²) in [6, 6.07) is 6.60. The van der Waals surface area contributed by atoms with Crippen molar-refractivity contribution in [3.8, 4) is 17.1 Å². The molecular formula is C17H15F3N4O3. The minimum absolute atomic E-state index is 0.141. The number of halogens is 3. The number of carbonyl (C=O) groups excluding carboxylic acids is 1. The molecule has 0 aliphatic heterocycles. The summed E-state index contributed by atoms with van der Waals surface area (Å²) in [5.41, 5.74) is 1.24. The maximum atomic E-state index is 12.5. The van der Waals surface area contributed by atoms with Crippen LogP contribution < -0.4 is 4.74 Å². The molecule has 10 heteroatoms. The highest BCUT2D eigenvalue weighted by Gasteiger charge is 2.38. The fourth-order valence-electron chi connectivity index (χ4n) is 2.27. The summed E-state index contributed by atoms with van der Waals surface area (Å²) in [5, 5.41) is 7.45. The van der Waals surface area contributed by atoms with E-state index in [1.54, 1.807) is 35.1 Å². The van der Waals surface area contributed by atoms with Crippen LogP contribution in [0.3, 0.4) is 0 Å². The monoisotopic (exact) mass is 380 g/mol. The summed E-state index contributed by atoms with van der Waals surface area (Å²) < 4.78 is 48.5. The van der Waals surface area contributed by atoms with E-state index in [0.29, 0.717) is 30.7 Å². The number of carbonyl (C=O) groups is 1. The first-order valence-corrected chi connectivity index (χ1v) is 8.08. The third kappa shape index (κ3) is 4.72. The van der Waals surface area contributed by atoms with Crippen LogP contribution in [0.2, 0.25) is 0 Å². The van der Waals surface area contributed by atoms with Crippen molar-refractivity contribution in [1.29, 1.82) is 0 Å². The van der Waals surface area contributed by atoms with E-state index in [2.05, 4.69) is 19.8 Å². The number of rotatable bonds is 6. The van der Waals surface area contributed by atoms with Gasteiger partial charge in [0.05, 0.1) is 18.9 Å². The van der Waals surface area contributed by atoms with Crippen molar-refractivity contribution in [3.63, 3.8) is 0 Å². The molecule has 0 bridgehead atoms. The molecule has 2 aromatic heterocycles. The summed E-state index contributed by atoms with van der Waals surface area (Å²) in [6.07, 6.45) is -0.608. The number of ether oxygens (including phenoxy) is 1. The minimum atomic E-state index is -4.68. The number of esters is 1. The molecule has 0 amide bonds. The van der Waals surface area contributed by atoms with Gasteiger partial charge in [-0.2, -0.15) is 23.3 Å².